The molecule has 1 N–H and O–H groups in total. The summed E-state index contributed by atoms with van der Waals surface area (Å²) in [4.78, 5) is 21.6. The first-order valence-corrected chi connectivity index (χ1v) is 9.42. The third kappa shape index (κ3) is 2.87. The highest BCUT2D eigenvalue weighted by molar-refractivity contribution is 6.33. The molecule has 3 heterocycles. The summed E-state index contributed by atoms with van der Waals surface area (Å²) in [5.74, 6) is 1.13. The fourth-order valence-corrected chi connectivity index (χ4v) is 4.42. The van der Waals surface area contributed by atoms with Crippen molar-refractivity contribution in [2.75, 3.05) is 32.0 Å². The van der Waals surface area contributed by atoms with Crippen molar-refractivity contribution in [1.29, 1.82) is 0 Å². The van der Waals surface area contributed by atoms with Gasteiger partial charge in [0.1, 0.15) is 5.82 Å². The molecular weight excluding hydrogens is 350 g/mol. The first-order valence-electron chi connectivity index (χ1n) is 9.04. The number of carbonyl (C=O) groups excluding carboxylic acids is 1. The van der Waals surface area contributed by atoms with Gasteiger partial charge in [0.05, 0.1) is 16.2 Å². The number of piperidine rings is 1. The van der Waals surface area contributed by atoms with Crippen LogP contribution in [0, 0.1) is 6.92 Å². The van der Waals surface area contributed by atoms with Gasteiger partial charge in [0, 0.05) is 38.6 Å². The first kappa shape index (κ1) is 17.4. The predicted octanol–water partition coefficient (Wildman–Crippen LogP) is 3.31. The van der Waals surface area contributed by atoms with Gasteiger partial charge in [-0.2, -0.15) is 0 Å². The van der Waals surface area contributed by atoms with Crippen molar-refractivity contribution in [3.8, 4) is 0 Å². The van der Waals surface area contributed by atoms with E-state index in [2.05, 4.69) is 33.0 Å². The van der Waals surface area contributed by atoms with Crippen molar-refractivity contribution in [2.45, 2.75) is 31.8 Å². The van der Waals surface area contributed by atoms with Crippen LogP contribution < -0.4 is 5.32 Å². The molecule has 1 spiro atoms. The number of amides is 2. The zero-order chi connectivity index (χ0) is 18.3. The van der Waals surface area contributed by atoms with Crippen molar-refractivity contribution in [3.05, 3.63) is 47.0 Å². The number of aryl methyl sites for hydroxylation is 1. The van der Waals surface area contributed by atoms with Gasteiger partial charge < -0.3 is 14.8 Å². The van der Waals surface area contributed by atoms with E-state index in [0.717, 1.165) is 37.3 Å². The molecular formula is C19H24ClN5O. The summed E-state index contributed by atoms with van der Waals surface area (Å²) in [6.45, 7) is 5.36. The summed E-state index contributed by atoms with van der Waals surface area (Å²) < 4.78 is 2.25. The number of likely N-dealkylation sites (N-methyl/N-ethyl adjacent to an activating group) is 1. The van der Waals surface area contributed by atoms with Crippen LogP contribution in [0.25, 0.3) is 0 Å². The van der Waals surface area contributed by atoms with Gasteiger partial charge in [-0.15, -0.1) is 0 Å². The normalized spacial score (nSPS) is 19.4. The Kier molecular flexibility index (Phi) is 4.40. The third-order valence-electron chi connectivity index (χ3n) is 5.78. The summed E-state index contributed by atoms with van der Waals surface area (Å²) in [7, 11) is 2.17. The van der Waals surface area contributed by atoms with Gasteiger partial charge in [-0.05, 0) is 44.5 Å². The average molecular weight is 374 g/mol. The van der Waals surface area contributed by atoms with E-state index in [1.807, 2.05) is 36.2 Å². The Morgan fingerprint density at radius 2 is 2.00 bits per heavy atom. The molecule has 1 fully saturated rings. The minimum atomic E-state index is -0.0904. The second-order valence-electron chi connectivity index (χ2n) is 7.30. The van der Waals surface area contributed by atoms with E-state index in [-0.39, 0.29) is 11.6 Å². The number of nitrogens with zero attached hydrogens (tertiary/aromatic N) is 4. The molecule has 138 valence electrons. The van der Waals surface area contributed by atoms with Crippen molar-refractivity contribution in [3.63, 3.8) is 0 Å². The Morgan fingerprint density at radius 1 is 1.23 bits per heavy atom. The van der Waals surface area contributed by atoms with Gasteiger partial charge in [0.15, 0.2) is 0 Å². The first-order chi connectivity index (χ1) is 12.5. The van der Waals surface area contributed by atoms with E-state index in [4.69, 9.17) is 11.6 Å². The van der Waals surface area contributed by atoms with Crippen LogP contribution in [0.3, 0.4) is 0 Å². The number of anilines is 1. The number of benzene rings is 1. The Balaban J connectivity index is 1.46. The molecule has 0 bridgehead atoms. The maximum Gasteiger partial charge on any atom is 0.321 e. The van der Waals surface area contributed by atoms with Crippen LogP contribution in [-0.2, 0) is 12.1 Å². The SMILES string of the molecule is Cc1ccc(NC(=O)N2CCC3(CC2)c2nccn2CCN3C)c(Cl)c1. The highest BCUT2D eigenvalue weighted by atomic mass is 35.5. The van der Waals surface area contributed by atoms with E-state index in [0.29, 0.717) is 23.8 Å². The maximum absolute atomic E-state index is 12.7. The zero-order valence-electron chi connectivity index (χ0n) is 15.2. The quantitative estimate of drug-likeness (QED) is 0.834. The largest absolute Gasteiger partial charge is 0.332 e. The Hall–Kier alpha value is -2.05. The molecule has 0 atom stereocenters. The van der Waals surface area contributed by atoms with Gasteiger partial charge in [-0.1, -0.05) is 17.7 Å². The topological polar surface area (TPSA) is 53.4 Å². The number of rotatable bonds is 1. The number of carbonyl (C=O) groups is 1. The molecule has 0 aliphatic carbocycles. The van der Waals surface area contributed by atoms with Crippen LogP contribution in [0.4, 0.5) is 10.5 Å². The van der Waals surface area contributed by atoms with Crippen LogP contribution in [0.5, 0.6) is 0 Å². The average Bonchev–Trinajstić information content (AvgIpc) is 3.11. The summed E-state index contributed by atoms with van der Waals surface area (Å²) in [5.41, 5.74) is 1.66. The third-order valence-corrected chi connectivity index (χ3v) is 6.10. The molecule has 1 aromatic heterocycles. The monoisotopic (exact) mass is 373 g/mol. The fourth-order valence-electron chi connectivity index (χ4n) is 4.14. The molecule has 2 aromatic rings. The van der Waals surface area contributed by atoms with Crippen LogP contribution in [-0.4, -0.2) is 52.1 Å². The second kappa shape index (κ2) is 6.59. The summed E-state index contributed by atoms with van der Waals surface area (Å²) in [6, 6.07) is 5.57. The number of nitrogens with one attached hydrogen (secondary N) is 1. The number of urea groups is 1. The lowest BCUT2D eigenvalue weighted by Gasteiger charge is -2.49. The standard InChI is InChI=1S/C19H24ClN5O/c1-14-3-4-16(15(20)13-14)22-18(26)25-8-5-19(6-9-25)17-21-7-10-24(17)12-11-23(19)2/h3-4,7,10,13H,5-6,8-9,11-12H2,1-2H3,(H,22,26). The molecule has 0 unspecified atom stereocenters. The Morgan fingerprint density at radius 3 is 2.73 bits per heavy atom. The zero-order valence-corrected chi connectivity index (χ0v) is 16.0. The summed E-state index contributed by atoms with van der Waals surface area (Å²) >= 11 is 6.24. The van der Waals surface area contributed by atoms with Crippen LogP contribution >= 0.6 is 11.6 Å². The number of fused-ring (bicyclic) bond motifs is 2. The number of hydrogen-bond acceptors (Lipinski definition) is 3. The minimum absolute atomic E-state index is 0.0694. The number of halogens is 1. The molecule has 1 saturated heterocycles. The molecule has 2 aliphatic rings. The van der Waals surface area contributed by atoms with Gasteiger partial charge in [-0.25, -0.2) is 9.78 Å². The molecule has 4 rings (SSSR count). The van der Waals surface area contributed by atoms with E-state index in [1.54, 1.807) is 0 Å². The number of imidazole rings is 1. The molecule has 2 amide bonds. The predicted molar refractivity (Wildman–Crippen MR) is 103 cm³/mol. The van der Waals surface area contributed by atoms with Crippen molar-refractivity contribution in [2.24, 2.45) is 0 Å². The summed E-state index contributed by atoms with van der Waals surface area (Å²) in [6.07, 6.45) is 5.71. The molecule has 0 radical (unpaired) electrons. The summed E-state index contributed by atoms with van der Waals surface area (Å²) in [5, 5.41) is 3.51. The van der Waals surface area contributed by atoms with E-state index >= 15 is 0 Å². The van der Waals surface area contributed by atoms with E-state index < -0.39 is 0 Å². The maximum atomic E-state index is 12.7. The van der Waals surface area contributed by atoms with Crippen LogP contribution in [0.15, 0.2) is 30.6 Å². The lowest BCUT2D eigenvalue weighted by Crippen LogP contribution is -2.57. The van der Waals surface area contributed by atoms with Crippen molar-refractivity contribution >= 4 is 23.3 Å². The fraction of sp³-hybridized carbons (Fsp3) is 0.474. The molecule has 0 saturated carbocycles. The second-order valence-corrected chi connectivity index (χ2v) is 7.71. The molecule has 6 nitrogen and oxygen atoms in total. The number of likely N-dealkylation sites (tertiary alicyclic amines) is 1. The highest BCUT2D eigenvalue weighted by Gasteiger charge is 2.45. The lowest BCUT2D eigenvalue weighted by atomic mass is 9.83. The Bertz CT molecular complexity index is 825. The molecule has 1 aromatic carbocycles. The number of hydrogen-bond donors (Lipinski definition) is 1. The van der Waals surface area contributed by atoms with Crippen LogP contribution in [0.2, 0.25) is 5.02 Å². The van der Waals surface area contributed by atoms with Gasteiger partial charge in [-0.3, -0.25) is 4.90 Å². The number of aromatic nitrogens is 2. The van der Waals surface area contributed by atoms with E-state index in [9.17, 15) is 4.79 Å². The molecule has 2 aliphatic heterocycles. The Labute approximate surface area is 158 Å². The van der Waals surface area contributed by atoms with Gasteiger partial charge >= 0.3 is 6.03 Å². The van der Waals surface area contributed by atoms with Gasteiger partial charge in [0.2, 0.25) is 0 Å². The van der Waals surface area contributed by atoms with E-state index in [1.165, 1.54) is 0 Å². The molecule has 26 heavy (non-hydrogen) atoms. The van der Waals surface area contributed by atoms with Crippen LogP contribution in [0.1, 0.15) is 24.2 Å². The van der Waals surface area contributed by atoms with Crippen molar-refractivity contribution in [1.82, 2.24) is 19.4 Å². The minimum Gasteiger partial charge on any atom is -0.332 e. The van der Waals surface area contributed by atoms with Crippen molar-refractivity contribution < 1.29 is 4.79 Å². The smallest absolute Gasteiger partial charge is 0.321 e. The highest BCUT2D eigenvalue weighted by Crippen LogP contribution is 2.39. The van der Waals surface area contributed by atoms with Gasteiger partial charge in [0.25, 0.3) is 0 Å². The molecule has 7 heteroatoms. The lowest BCUT2D eigenvalue weighted by molar-refractivity contribution is 0.0197.